The number of guanidine groups is 1. The van der Waals surface area contributed by atoms with Crippen molar-refractivity contribution >= 4 is 5.96 Å². The molecule has 5 nitrogen and oxygen atoms in total. The second-order valence-electron chi connectivity index (χ2n) is 5.02. The number of nitrogens with one attached hydrogen (secondary N) is 2. The summed E-state index contributed by atoms with van der Waals surface area (Å²) >= 11 is 0. The highest BCUT2D eigenvalue weighted by molar-refractivity contribution is 5.79. The number of hydrogen-bond donors (Lipinski definition) is 2. The molecule has 1 fully saturated rings. The van der Waals surface area contributed by atoms with Crippen LogP contribution < -0.4 is 10.6 Å². The molecule has 0 radical (unpaired) electrons. The summed E-state index contributed by atoms with van der Waals surface area (Å²) in [6, 6.07) is 0. The Morgan fingerprint density at radius 3 is 2.58 bits per heavy atom. The maximum Gasteiger partial charge on any atom is 0.191 e. The molecule has 1 heterocycles. The first-order valence-electron chi connectivity index (χ1n) is 7.22. The standard InChI is InChI=1S/C14H29N5/c1-4-7-16-14(15-2)17-8-5-6-9-19-12-10-18(3)11-13-19/h4H,1,5-13H2,2-3H3,(H2,15,16,17). The fourth-order valence-electron chi connectivity index (χ4n) is 2.13. The van der Waals surface area contributed by atoms with Gasteiger partial charge in [0.25, 0.3) is 0 Å². The van der Waals surface area contributed by atoms with Crippen molar-refractivity contribution < 1.29 is 0 Å². The SMILES string of the molecule is C=CCNC(=NC)NCCCCN1CCN(C)CC1. The summed E-state index contributed by atoms with van der Waals surface area (Å²) in [5.74, 6) is 0.861. The predicted octanol–water partition coefficient (Wildman–Crippen LogP) is 0.365. The normalized spacial score (nSPS) is 18.3. The van der Waals surface area contributed by atoms with Crippen molar-refractivity contribution in [2.75, 3.05) is 59.9 Å². The molecule has 1 rings (SSSR count). The molecule has 0 aromatic carbocycles. The minimum absolute atomic E-state index is 0.751. The van der Waals surface area contributed by atoms with Crippen LogP contribution in [-0.2, 0) is 0 Å². The van der Waals surface area contributed by atoms with Gasteiger partial charge in [0.1, 0.15) is 0 Å². The summed E-state index contributed by atoms with van der Waals surface area (Å²) in [4.78, 5) is 9.11. The van der Waals surface area contributed by atoms with E-state index in [0.717, 1.165) is 19.0 Å². The van der Waals surface area contributed by atoms with Crippen molar-refractivity contribution in [1.29, 1.82) is 0 Å². The zero-order valence-electron chi connectivity index (χ0n) is 12.5. The topological polar surface area (TPSA) is 42.9 Å². The summed E-state index contributed by atoms with van der Waals surface area (Å²) in [6.07, 6.45) is 4.26. The lowest BCUT2D eigenvalue weighted by atomic mass is 10.2. The molecule has 110 valence electrons. The van der Waals surface area contributed by atoms with Crippen molar-refractivity contribution in [1.82, 2.24) is 20.4 Å². The molecule has 1 saturated heterocycles. The Morgan fingerprint density at radius 2 is 1.95 bits per heavy atom. The maximum absolute atomic E-state index is 4.15. The Hall–Kier alpha value is -1.07. The van der Waals surface area contributed by atoms with E-state index in [1.54, 1.807) is 7.05 Å². The average Bonchev–Trinajstić information content (AvgIpc) is 2.44. The minimum atomic E-state index is 0.751. The first kappa shape index (κ1) is 16.0. The predicted molar refractivity (Wildman–Crippen MR) is 82.7 cm³/mol. The Balaban J connectivity index is 1.99. The van der Waals surface area contributed by atoms with Crippen LogP contribution in [0.4, 0.5) is 0 Å². The highest BCUT2D eigenvalue weighted by atomic mass is 15.2. The quantitative estimate of drug-likeness (QED) is 0.303. The van der Waals surface area contributed by atoms with E-state index in [1.807, 2.05) is 6.08 Å². The van der Waals surface area contributed by atoms with E-state index in [1.165, 1.54) is 45.6 Å². The molecule has 0 saturated carbocycles. The largest absolute Gasteiger partial charge is 0.356 e. The van der Waals surface area contributed by atoms with Crippen LogP contribution in [0, 0.1) is 0 Å². The molecule has 1 aliphatic heterocycles. The number of aliphatic imine (C=N–C) groups is 1. The molecule has 0 unspecified atom stereocenters. The average molecular weight is 267 g/mol. The third-order valence-corrected chi connectivity index (χ3v) is 3.43. The highest BCUT2D eigenvalue weighted by Gasteiger charge is 2.12. The van der Waals surface area contributed by atoms with Gasteiger partial charge in [0.2, 0.25) is 0 Å². The fourth-order valence-corrected chi connectivity index (χ4v) is 2.13. The minimum Gasteiger partial charge on any atom is -0.356 e. The van der Waals surface area contributed by atoms with Crippen LogP contribution in [0.25, 0.3) is 0 Å². The molecule has 5 heteroatoms. The van der Waals surface area contributed by atoms with Gasteiger partial charge in [0.05, 0.1) is 0 Å². The Kier molecular flexibility index (Phi) is 8.25. The van der Waals surface area contributed by atoms with E-state index in [2.05, 4.69) is 39.1 Å². The number of unbranched alkanes of at least 4 members (excludes halogenated alkanes) is 1. The molecule has 0 spiro atoms. The zero-order chi connectivity index (χ0) is 13.9. The fraction of sp³-hybridized carbons (Fsp3) is 0.786. The molecular weight excluding hydrogens is 238 g/mol. The van der Waals surface area contributed by atoms with Crippen molar-refractivity contribution in [2.24, 2.45) is 4.99 Å². The summed E-state index contributed by atoms with van der Waals surface area (Å²) in [6.45, 7) is 11.5. The molecule has 0 bridgehead atoms. The van der Waals surface area contributed by atoms with Gasteiger partial charge < -0.3 is 20.4 Å². The van der Waals surface area contributed by atoms with E-state index in [0.29, 0.717) is 0 Å². The summed E-state index contributed by atoms with van der Waals surface area (Å²) in [5.41, 5.74) is 0. The number of nitrogens with zero attached hydrogens (tertiary/aromatic N) is 3. The Bertz CT molecular complexity index is 269. The lowest BCUT2D eigenvalue weighted by Gasteiger charge is -2.32. The molecule has 1 aliphatic rings. The Labute approximate surface area is 117 Å². The molecule has 2 N–H and O–H groups in total. The summed E-state index contributed by atoms with van der Waals surface area (Å²) in [7, 11) is 3.99. The molecule has 0 atom stereocenters. The third-order valence-electron chi connectivity index (χ3n) is 3.43. The first-order chi connectivity index (χ1) is 9.26. The second kappa shape index (κ2) is 9.81. The highest BCUT2D eigenvalue weighted by Crippen LogP contribution is 2.01. The van der Waals surface area contributed by atoms with E-state index in [-0.39, 0.29) is 0 Å². The lowest BCUT2D eigenvalue weighted by Crippen LogP contribution is -2.44. The van der Waals surface area contributed by atoms with Gasteiger partial charge in [-0.05, 0) is 26.4 Å². The van der Waals surface area contributed by atoms with Gasteiger partial charge in [0.15, 0.2) is 5.96 Å². The molecular formula is C14H29N5. The number of likely N-dealkylation sites (N-methyl/N-ethyl adjacent to an activating group) is 1. The van der Waals surface area contributed by atoms with Crippen LogP contribution in [0.5, 0.6) is 0 Å². The van der Waals surface area contributed by atoms with Crippen molar-refractivity contribution in [2.45, 2.75) is 12.8 Å². The molecule has 0 aromatic rings. The van der Waals surface area contributed by atoms with Crippen LogP contribution in [0.15, 0.2) is 17.6 Å². The van der Waals surface area contributed by atoms with E-state index in [9.17, 15) is 0 Å². The van der Waals surface area contributed by atoms with E-state index in [4.69, 9.17) is 0 Å². The smallest absolute Gasteiger partial charge is 0.191 e. The molecule has 0 aromatic heterocycles. The second-order valence-corrected chi connectivity index (χ2v) is 5.02. The van der Waals surface area contributed by atoms with Gasteiger partial charge in [-0.15, -0.1) is 6.58 Å². The van der Waals surface area contributed by atoms with E-state index >= 15 is 0 Å². The summed E-state index contributed by atoms with van der Waals surface area (Å²) < 4.78 is 0. The summed E-state index contributed by atoms with van der Waals surface area (Å²) in [5, 5.41) is 6.48. The van der Waals surface area contributed by atoms with Gasteiger partial charge in [-0.1, -0.05) is 6.08 Å². The zero-order valence-corrected chi connectivity index (χ0v) is 12.5. The van der Waals surface area contributed by atoms with Crippen molar-refractivity contribution in [3.63, 3.8) is 0 Å². The van der Waals surface area contributed by atoms with E-state index < -0.39 is 0 Å². The first-order valence-corrected chi connectivity index (χ1v) is 7.22. The lowest BCUT2D eigenvalue weighted by molar-refractivity contribution is 0.152. The van der Waals surface area contributed by atoms with Gasteiger partial charge in [-0.25, -0.2) is 0 Å². The van der Waals surface area contributed by atoms with Crippen molar-refractivity contribution in [3.8, 4) is 0 Å². The van der Waals surface area contributed by atoms with Gasteiger partial charge in [0, 0.05) is 46.3 Å². The van der Waals surface area contributed by atoms with Crippen LogP contribution in [-0.4, -0.2) is 75.7 Å². The van der Waals surface area contributed by atoms with Gasteiger partial charge in [-0.2, -0.15) is 0 Å². The molecule has 19 heavy (non-hydrogen) atoms. The molecule has 0 amide bonds. The number of hydrogen-bond acceptors (Lipinski definition) is 3. The molecule has 0 aliphatic carbocycles. The van der Waals surface area contributed by atoms with Crippen LogP contribution in [0.2, 0.25) is 0 Å². The van der Waals surface area contributed by atoms with Crippen LogP contribution in [0.3, 0.4) is 0 Å². The van der Waals surface area contributed by atoms with Crippen LogP contribution in [0.1, 0.15) is 12.8 Å². The van der Waals surface area contributed by atoms with Gasteiger partial charge >= 0.3 is 0 Å². The number of rotatable bonds is 7. The Morgan fingerprint density at radius 1 is 1.21 bits per heavy atom. The van der Waals surface area contributed by atoms with Gasteiger partial charge in [-0.3, -0.25) is 4.99 Å². The third kappa shape index (κ3) is 7.18. The monoisotopic (exact) mass is 267 g/mol. The number of piperazine rings is 1. The van der Waals surface area contributed by atoms with Crippen LogP contribution >= 0.6 is 0 Å². The maximum atomic E-state index is 4.15. The van der Waals surface area contributed by atoms with Crippen molar-refractivity contribution in [3.05, 3.63) is 12.7 Å².